The van der Waals surface area contributed by atoms with E-state index in [9.17, 15) is 21.6 Å². The van der Waals surface area contributed by atoms with Crippen LogP contribution in [0.15, 0.2) is 48.0 Å². The maximum Gasteiger partial charge on any atom is 0.239 e. The molecule has 14 heteroatoms. The van der Waals surface area contributed by atoms with E-state index in [2.05, 4.69) is 24.9 Å². The fourth-order valence-corrected chi connectivity index (χ4v) is 4.90. The average Bonchev–Trinajstić information content (AvgIpc) is 2.84. The molecule has 2 aromatic heterocycles. The first kappa shape index (κ1) is 25.0. The molecular weight excluding hydrogens is 499 g/mol. The van der Waals surface area contributed by atoms with Crippen LogP contribution in [0.4, 0.5) is 13.2 Å². The van der Waals surface area contributed by atoms with Gasteiger partial charge in [0.05, 0.1) is 18.1 Å². The molecule has 2 N–H and O–H groups in total. The second-order valence-electron chi connectivity index (χ2n) is 8.02. The minimum absolute atomic E-state index is 0.0299. The van der Waals surface area contributed by atoms with E-state index in [1.165, 1.54) is 20.2 Å². The highest BCUT2D eigenvalue weighted by Gasteiger charge is 2.42. The molecule has 188 valence electrons. The third kappa shape index (κ3) is 5.12. The number of aliphatic imine (C=N–C) groups is 1. The van der Waals surface area contributed by atoms with Crippen LogP contribution in [0.5, 0.6) is 5.88 Å². The van der Waals surface area contributed by atoms with Crippen molar-refractivity contribution in [3.63, 3.8) is 0 Å². The Morgan fingerprint density at radius 1 is 1.19 bits per heavy atom. The second kappa shape index (κ2) is 9.53. The largest absolute Gasteiger partial charge is 0.468 e. The van der Waals surface area contributed by atoms with Gasteiger partial charge in [-0.25, -0.2) is 50.8 Å². The fraction of sp³-hybridized carbons (Fsp3) is 0.227. The Bertz CT molecular complexity index is 1450. The third-order valence-corrected chi connectivity index (χ3v) is 7.28. The number of hydrogen-bond donors (Lipinski definition) is 1. The molecule has 1 aromatic carbocycles. The Morgan fingerprint density at radius 3 is 2.56 bits per heavy atom. The van der Waals surface area contributed by atoms with Gasteiger partial charge in [0.25, 0.3) is 0 Å². The van der Waals surface area contributed by atoms with Crippen molar-refractivity contribution in [2.75, 3.05) is 12.8 Å². The standard InChI is InChI=1S/C22H20F3N7O3S/c1-22(12-36(33,34)32(2)21(26)31-22)14-6-13(8-16(24)20(14)25)7-15(23)17-9-30-19(10-29-17)35-11-18-27-4-3-5-28-18/h3-10H,11-12H2,1-2H3,(H2,26,31). The summed E-state index contributed by atoms with van der Waals surface area (Å²) in [6, 6.07) is 3.53. The van der Waals surface area contributed by atoms with Crippen LogP contribution in [0.1, 0.15) is 29.6 Å². The van der Waals surface area contributed by atoms with Crippen molar-refractivity contribution in [2.24, 2.45) is 10.7 Å². The van der Waals surface area contributed by atoms with Gasteiger partial charge in [-0.2, -0.15) is 0 Å². The Kier molecular flexibility index (Phi) is 6.63. The molecule has 0 saturated heterocycles. The highest BCUT2D eigenvalue weighted by molar-refractivity contribution is 7.89. The molecule has 0 bridgehead atoms. The van der Waals surface area contributed by atoms with E-state index in [0.29, 0.717) is 5.82 Å². The number of ether oxygens (including phenoxy) is 1. The first-order valence-electron chi connectivity index (χ1n) is 10.4. The second-order valence-corrected chi connectivity index (χ2v) is 10.0. The average molecular weight is 520 g/mol. The van der Waals surface area contributed by atoms with Crippen molar-refractivity contribution in [1.29, 1.82) is 0 Å². The monoisotopic (exact) mass is 519 g/mol. The van der Waals surface area contributed by atoms with Gasteiger partial charge in [-0.05, 0) is 36.8 Å². The van der Waals surface area contributed by atoms with Crippen LogP contribution in [0.2, 0.25) is 0 Å². The summed E-state index contributed by atoms with van der Waals surface area (Å²) in [6.07, 6.45) is 6.30. The summed E-state index contributed by atoms with van der Waals surface area (Å²) in [6.45, 7) is 1.33. The van der Waals surface area contributed by atoms with Crippen molar-refractivity contribution in [1.82, 2.24) is 24.2 Å². The lowest BCUT2D eigenvalue weighted by Crippen LogP contribution is -2.50. The Hall–Kier alpha value is -4.07. The quantitative estimate of drug-likeness (QED) is 0.524. The molecule has 0 fully saturated rings. The minimum Gasteiger partial charge on any atom is -0.468 e. The first-order valence-corrected chi connectivity index (χ1v) is 12.0. The van der Waals surface area contributed by atoms with Gasteiger partial charge in [0.15, 0.2) is 23.3 Å². The Morgan fingerprint density at radius 2 is 1.92 bits per heavy atom. The lowest BCUT2D eigenvalue weighted by Gasteiger charge is -2.34. The van der Waals surface area contributed by atoms with Crippen molar-refractivity contribution in [2.45, 2.75) is 19.1 Å². The van der Waals surface area contributed by atoms with Gasteiger partial charge in [0, 0.05) is 25.0 Å². The molecule has 0 amide bonds. The first-order chi connectivity index (χ1) is 17.0. The van der Waals surface area contributed by atoms with Crippen molar-refractivity contribution < 1.29 is 26.3 Å². The predicted octanol–water partition coefficient (Wildman–Crippen LogP) is 2.40. The van der Waals surface area contributed by atoms with Gasteiger partial charge in [0.2, 0.25) is 21.9 Å². The van der Waals surface area contributed by atoms with Crippen LogP contribution in [0.25, 0.3) is 11.9 Å². The van der Waals surface area contributed by atoms with E-state index in [-0.39, 0.29) is 35.3 Å². The number of aromatic nitrogens is 4. The number of sulfonamides is 1. The molecular formula is C22H20F3N7O3S. The van der Waals surface area contributed by atoms with Crippen LogP contribution in [0.3, 0.4) is 0 Å². The molecule has 1 aliphatic heterocycles. The fourth-order valence-electron chi connectivity index (χ4n) is 3.45. The van der Waals surface area contributed by atoms with Gasteiger partial charge in [-0.3, -0.25) is 0 Å². The Balaban J connectivity index is 1.60. The van der Waals surface area contributed by atoms with Crippen LogP contribution in [0, 0.1) is 11.6 Å². The summed E-state index contributed by atoms with van der Waals surface area (Å²) in [5, 5.41) is 0. The van der Waals surface area contributed by atoms with E-state index in [1.807, 2.05) is 0 Å². The summed E-state index contributed by atoms with van der Waals surface area (Å²) in [5.74, 6) is -4.05. The van der Waals surface area contributed by atoms with Crippen LogP contribution >= 0.6 is 0 Å². The van der Waals surface area contributed by atoms with Gasteiger partial charge < -0.3 is 10.5 Å². The summed E-state index contributed by atoms with van der Waals surface area (Å²) >= 11 is 0. The molecule has 1 aliphatic rings. The van der Waals surface area contributed by atoms with Gasteiger partial charge >= 0.3 is 0 Å². The summed E-state index contributed by atoms with van der Waals surface area (Å²) < 4.78 is 75.0. The molecule has 1 unspecified atom stereocenters. The Labute approximate surface area is 204 Å². The molecule has 4 rings (SSSR count). The van der Waals surface area contributed by atoms with Gasteiger partial charge in [-0.1, -0.05) is 0 Å². The highest BCUT2D eigenvalue weighted by Crippen LogP contribution is 2.35. The lowest BCUT2D eigenvalue weighted by atomic mass is 9.92. The number of nitrogens with two attached hydrogens (primary N) is 1. The zero-order chi connectivity index (χ0) is 26.1. The molecule has 10 nitrogen and oxygen atoms in total. The van der Waals surface area contributed by atoms with Crippen molar-refractivity contribution >= 4 is 27.9 Å². The number of nitrogens with zero attached hydrogens (tertiary/aromatic N) is 6. The normalized spacial score (nSPS) is 19.6. The van der Waals surface area contributed by atoms with E-state index < -0.39 is 38.8 Å². The van der Waals surface area contributed by atoms with Crippen molar-refractivity contribution in [3.05, 3.63) is 77.3 Å². The smallest absolute Gasteiger partial charge is 0.239 e. The maximum atomic E-state index is 14.9. The molecule has 1 atom stereocenters. The molecule has 0 aliphatic carbocycles. The zero-order valence-electron chi connectivity index (χ0n) is 19.1. The van der Waals surface area contributed by atoms with Crippen molar-refractivity contribution in [3.8, 4) is 5.88 Å². The number of rotatable bonds is 6. The van der Waals surface area contributed by atoms with Crippen LogP contribution < -0.4 is 10.5 Å². The molecule has 3 heterocycles. The third-order valence-electron chi connectivity index (χ3n) is 5.33. The van der Waals surface area contributed by atoms with Crippen LogP contribution in [-0.2, 0) is 22.2 Å². The molecule has 36 heavy (non-hydrogen) atoms. The summed E-state index contributed by atoms with van der Waals surface area (Å²) in [7, 11) is -2.74. The van der Waals surface area contributed by atoms with E-state index in [1.54, 1.807) is 18.5 Å². The van der Waals surface area contributed by atoms with E-state index in [4.69, 9.17) is 10.5 Å². The predicted molar refractivity (Wildman–Crippen MR) is 124 cm³/mol. The lowest BCUT2D eigenvalue weighted by molar-refractivity contribution is 0.282. The van der Waals surface area contributed by atoms with Gasteiger partial charge in [0.1, 0.15) is 17.8 Å². The number of benzene rings is 1. The molecule has 0 radical (unpaired) electrons. The summed E-state index contributed by atoms with van der Waals surface area (Å²) in [5.41, 5.74) is 3.29. The summed E-state index contributed by atoms with van der Waals surface area (Å²) in [4.78, 5) is 20.0. The number of guanidine groups is 1. The molecule has 3 aromatic rings. The topological polar surface area (TPSA) is 137 Å². The SMILES string of the molecule is CN1C(N)=NC(C)(c2cc(C=C(F)c3cnc(OCc4ncccn4)cn3)cc(F)c2F)CS1(=O)=O. The highest BCUT2D eigenvalue weighted by atomic mass is 32.2. The van der Waals surface area contributed by atoms with Gasteiger partial charge in [-0.15, -0.1) is 0 Å². The minimum atomic E-state index is -3.94. The zero-order valence-corrected chi connectivity index (χ0v) is 19.9. The number of hydrogen-bond acceptors (Lipinski definition) is 9. The molecule has 0 saturated carbocycles. The van der Waals surface area contributed by atoms with E-state index in [0.717, 1.165) is 28.7 Å². The van der Waals surface area contributed by atoms with Crippen LogP contribution in [-0.4, -0.2) is 51.4 Å². The number of halogens is 3. The van der Waals surface area contributed by atoms with E-state index >= 15 is 0 Å². The molecule has 0 spiro atoms. The maximum absolute atomic E-state index is 14.9.